The highest BCUT2D eigenvalue weighted by Gasteiger charge is 2.69. The Balaban J connectivity index is 1.18. The molecule has 0 spiro atoms. The second kappa shape index (κ2) is 10.0. The molecule has 39 heavy (non-hydrogen) atoms. The second-order valence-electron chi connectivity index (χ2n) is 14.0. The molecule has 0 radical (unpaired) electrons. The molecular weight excluding hydrogens is 496 g/mol. The third kappa shape index (κ3) is 4.17. The van der Waals surface area contributed by atoms with E-state index in [9.17, 15) is 20.4 Å². The van der Waals surface area contributed by atoms with Crippen molar-refractivity contribution in [2.24, 2.45) is 28.6 Å². The summed E-state index contributed by atoms with van der Waals surface area (Å²) >= 11 is 0. The first-order valence-electron chi connectivity index (χ1n) is 15.2. The average molecular weight is 545 g/mol. The molecular formula is C32H48O7. The van der Waals surface area contributed by atoms with Crippen molar-refractivity contribution in [3.8, 4) is 0 Å². The van der Waals surface area contributed by atoms with Crippen LogP contribution in [-0.4, -0.2) is 76.1 Å². The van der Waals surface area contributed by atoms with Crippen LogP contribution in [0.2, 0.25) is 0 Å². The van der Waals surface area contributed by atoms with Gasteiger partial charge in [-0.1, -0.05) is 44.2 Å². The Morgan fingerprint density at radius 2 is 1.67 bits per heavy atom. The van der Waals surface area contributed by atoms with Gasteiger partial charge in [-0.25, -0.2) is 0 Å². The summed E-state index contributed by atoms with van der Waals surface area (Å²) in [5, 5.41) is 44.9. The predicted octanol–water partition coefficient (Wildman–Crippen LogP) is 3.77. The number of fused-ring (bicyclic) bond motifs is 5. The van der Waals surface area contributed by atoms with Gasteiger partial charge >= 0.3 is 0 Å². The summed E-state index contributed by atoms with van der Waals surface area (Å²) in [4.78, 5) is 0. The molecule has 1 aromatic carbocycles. The molecule has 7 nitrogen and oxygen atoms in total. The number of hydrogen-bond acceptors (Lipinski definition) is 7. The number of ether oxygens (including phenoxy) is 3. The van der Waals surface area contributed by atoms with Gasteiger partial charge < -0.3 is 34.6 Å². The molecule has 0 amide bonds. The predicted molar refractivity (Wildman–Crippen MR) is 146 cm³/mol. The lowest BCUT2D eigenvalue weighted by molar-refractivity contribution is -0.313. The van der Waals surface area contributed by atoms with Gasteiger partial charge in [0, 0.05) is 24.9 Å². The fourth-order valence-electron chi connectivity index (χ4n) is 10.2. The van der Waals surface area contributed by atoms with Gasteiger partial charge in [0.05, 0.1) is 23.9 Å². The van der Waals surface area contributed by atoms with Gasteiger partial charge in [0.1, 0.15) is 18.3 Å². The highest BCUT2D eigenvalue weighted by atomic mass is 16.7. The first-order chi connectivity index (χ1) is 18.5. The lowest BCUT2D eigenvalue weighted by Gasteiger charge is -2.63. The summed E-state index contributed by atoms with van der Waals surface area (Å²) in [6.07, 6.45) is 2.73. The van der Waals surface area contributed by atoms with E-state index < -0.39 is 42.4 Å². The zero-order valence-electron chi connectivity index (χ0n) is 23.9. The molecule has 218 valence electrons. The average Bonchev–Trinajstić information content (AvgIpc) is 3.13. The van der Waals surface area contributed by atoms with Crippen LogP contribution in [0.3, 0.4) is 0 Å². The monoisotopic (exact) mass is 544 g/mol. The van der Waals surface area contributed by atoms with E-state index in [4.69, 9.17) is 14.2 Å². The number of benzene rings is 1. The zero-order chi connectivity index (χ0) is 27.7. The van der Waals surface area contributed by atoms with Crippen LogP contribution >= 0.6 is 0 Å². The van der Waals surface area contributed by atoms with E-state index >= 15 is 0 Å². The lowest BCUT2D eigenvalue weighted by Crippen LogP contribution is -2.62. The van der Waals surface area contributed by atoms with Gasteiger partial charge in [-0.3, -0.25) is 0 Å². The molecule has 1 aliphatic heterocycles. The third-order valence-electron chi connectivity index (χ3n) is 12.4. The van der Waals surface area contributed by atoms with Crippen molar-refractivity contribution in [1.82, 2.24) is 0 Å². The highest BCUT2D eigenvalue weighted by Crippen LogP contribution is 2.70. The summed E-state index contributed by atoms with van der Waals surface area (Å²) in [5.74, 6) is 1.04. The number of rotatable bonds is 4. The van der Waals surface area contributed by atoms with Crippen molar-refractivity contribution in [3.63, 3.8) is 0 Å². The molecule has 5 aliphatic rings. The molecule has 0 aromatic heterocycles. The number of aliphatic hydroxyl groups is 4. The van der Waals surface area contributed by atoms with Crippen molar-refractivity contribution in [3.05, 3.63) is 35.9 Å². The van der Waals surface area contributed by atoms with E-state index in [0.717, 1.165) is 50.5 Å². The van der Waals surface area contributed by atoms with E-state index in [1.165, 1.54) is 7.11 Å². The van der Waals surface area contributed by atoms with Crippen LogP contribution in [0.25, 0.3) is 0 Å². The van der Waals surface area contributed by atoms with E-state index in [2.05, 4.69) is 26.0 Å². The van der Waals surface area contributed by atoms with Crippen molar-refractivity contribution in [2.75, 3.05) is 7.11 Å². The molecule has 14 atom stereocenters. The van der Waals surface area contributed by atoms with Gasteiger partial charge in [-0.05, 0) is 80.6 Å². The molecule has 0 bridgehead atoms. The minimum Gasteiger partial charge on any atom is -0.392 e. The van der Waals surface area contributed by atoms with Gasteiger partial charge in [0.2, 0.25) is 0 Å². The fourth-order valence-corrected chi connectivity index (χ4v) is 10.2. The number of methoxy groups -OCH3 is 1. The third-order valence-corrected chi connectivity index (χ3v) is 12.4. The number of aliphatic hydroxyl groups excluding tert-OH is 3. The second-order valence-corrected chi connectivity index (χ2v) is 14.0. The maximum Gasteiger partial charge on any atom is 0.186 e. The molecule has 4 aliphatic carbocycles. The Kier molecular flexibility index (Phi) is 7.23. The minimum atomic E-state index is -1.04. The van der Waals surface area contributed by atoms with Gasteiger partial charge in [-0.15, -0.1) is 0 Å². The van der Waals surface area contributed by atoms with Crippen molar-refractivity contribution < 1.29 is 34.6 Å². The topological polar surface area (TPSA) is 109 Å². The quantitative estimate of drug-likeness (QED) is 0.428. The normalized spacial score (nSPS) is 53.5. The molecule has 4 saturated carbocycles. The molecule has 1 saturated heterocycles. The Morgan fingerprint density at radius 1 is 0.923 bits per heavy atom. The molecule has 4 N–H and O–H groups in total. The van der Waals surface area contributed by atoms with E-state index in [1.807, 2.05) is 18.2 Å². The van der Waals surface area contributed by atoms with E-state index in [-0.39, 0.29) is 28.8 Å². The molecule has 5 fully saturated rings. The van der Waals surface area contributed by atoms with Crippen LogP contribution in [0.4, 0.5) is 0 Å². The largest absolute Gasteiger partial charge is 0.392 e. The van der Waals surface area contributed by atoms with Crippen LogP contribution in [0.5, 0.6) is 0 Å². The smallest absolute Gasteiger partial charge is 0.186 e. The molecule has 1 heterocycles. The summed E-state index contributed by atoms with van der Waals surface area (Å²) in [5.41, 5.74) is 0.0411. The van der Waals surface area contributed by atoms with Crippen molar-refractivity contribution in [2.45, 2.75) is 127 Å². The van der Waals surface area contributed by atoms with Crippen molar-refractivity contribution in [1.29, 1.82) is 0 Å². The van der Waals surface area contributed by atoms with Gasteiger partial charge in [0.25, 0.3) is 0 Å². The Hall–Kier alpha value is -1.06. The SMILES string of the molecule is CO[C@H]1[C@H](O)[C@H](O[C@H]2CC[C@@]3(C)[C@H](CC[C@@H]4[C@@H]3CC[C@]3(C)[C@@H](c5ccccc5)[C@H](O)C[C@]43O)C2)O[C@@H](C)[C@@H]1O. The Labute approximate surface area is 232 Å². The Bertz CT molecular complexity index is 1020. The van der Waals surface area contributed by atoms with Crippen LogP contribution in [0.15, 0.2) is 30.3 Å². The summed E-state index contributed by atoms with van der Waals surface area (Å²) in [6.45, 7) is 6.45. The fraction of sp³-hybridized carbons (Fsp3) is 0.812. The minimum absolute atomic E-state index is 0.0214. The standard InChI is InChI=1S/C32H48O7/c1-18-26(34)28(37-4)27(35)29(38-18)39-21-12-14-30(2)20(16-21)10-11-23-22(30)13-15-31(3)25(19-8-6-5-7-9-19)24(33)17-32(23,31)36/h5-9,18,20-29,33-36H,10-17H2,1-4H3/t18-,20+,21-,22-,23+,24+,25-,26-,27-,28+,29-,30-,31+,32-/m0/s1. The first-order valence-corrected chi connectivity index (χ1v) is 15.2. The first kappa shape index (κ1) is 28.1. The van der Waals surface area contributed by atoms with Gasteiger partial charge in [-0.2, -0.15) is 0 Å². The van der Waals surface area contributed by atoms with Crippen LogP contribution in [0, 0.1) is 28.6 Å². The zero-order valence-corrected chi connectivity index (χ0v) is 23.9. The molecule has 7 heteroatoms. The van der Waals surface area contributed by atoms with Crippen LogP contribution in [0.1, 0.15) is 83.6 Å². The molecule has 0 unspecified atom stereocenters. The van der Waals surface area contributed by atoms with E-state index in [0.29, 0.717) is 18.3 Å². The molecule has 1 aromatic rings. The number of hydrogen-bond donors (Lipinski definition) is 4. The highest BCUT2D eigenvalue weighted by molar-refractivity contribution is 5.31. The summed E-state index contributed by atoms with van der Waals surface area (Å²) in [7, 11) is 1.49. The summed E-state index contributed by atoms with van der Waals surface area (Å²) in [6, 6.07) is 10.3. The van der Waals surface area contributed by atoms with Crippen LogP contribution in [-0.2, 0) is 14.2 Å². The maximum absolute atomic E-state index is 12.5. The van der Waals surface area contributed by atoms with E-state index in [1.54, 1.807) is 6.92 Å². The Morgan fingerprint density at radius 3 is 2.38 bits per heavy atom. The van der Waals surface area contributed by atoms with Gasteiger partial charge in [0.15, 0.2) is 6.29 Å². The lowest BCUT2D eigenvalue weighted by atomic mass is 9.43. The summed E-state index contributed by atoms with van der Waals surface area (Å²) < 4.78 is 17.6. The molecule has 6 rings (SSSR count). The van der Waals surface area contributed by atoms with Crippen molar-refractivity contribution >= 4 is 0 Å². The maximum atomic E-state index is 12.5. The van der Waals surface area contributed by atoms with Crippen LogP contribution < -0.4 is 0 Å².